The van der Waals surface area contributed by atoms with Gasteiger partial charge in [-0.05, 0) is 12.3 Å². The van der Waals surface area contributed by atoms with Crippen molar-refractivity contribution in [1.29, 1.82) is 0 Å². The van der Waals surface area contributed by atoms with Gasteiger partial charge in [-0.2, -0.15) is 5.10 Å². The SMILES string of the molecule is CCn1ncnc1CC(N)C(OC)C(C)(C)C. The number of hydrogen-bond donors (Lipinski definition) is 1. The molecule has 0 aliphatic heterocycles. The van der Waals surface area contributed by atoms with Crippen LogP contribution in [0.5, 0.6) is 0 Å². The molecule has 0 aliphatic carbocycles. The normalized spacial score (nSPS) is 15.9. The van der Waals surface area contributed by atoms with Crippen molar-refractivity contribution in [1.82, 2.24) is 14.8 Å². The fraction of sp³-hybridized carbons (Fsp3) is 0.833. The Morgan fingerprint density at radius 3 is 2.59 bits per heavy atom. The Labute approximate surface area is 103 Å². The monoisotopic (exact) mass is 240 g/mol. The molecule has 0 aromatic carbocycles. The van der Waals surface area contributed by atoms with E-state index >= 15 is 0 Å². The number of nitrogens with zero attached hydrogens (tertiary/aromatic N) is 3. The lowest BCUT2D eigenvalue weighted by atomic mass is 9.83. The van der Waals surface area contributed by atoms with Crippen LogP contribution in [0.3, 0.4) is 0 Å². The van der Waals surface area contributed by atoms with Crippen LogP contribution in [0.15, 0.2) is 6.33 Å². The molecule has 1 heterocycles. The van der Waals surface area contributed by atoms with E-state index < -0.39 is 0 Å². The van der Waals surface area contributed by atoms with Gasteiger partial charge < -0.3 is 10.5 Å². The number of ether oxygens (including phenoxy) is 1. The zero-order chi connectivity index (χ0) is 13.1. The van der Waals surface area contributed by atoms with E-state index in [2.05, 4.69) is 30.9 Å². The molecule has 1 aromatic rings. The van der Waals surface area contributed by atoms with Gasteiger partial charge in [0.05, 0.1) is 6.10 Å². The largest absolute Gasteiger partial charge is 0.379 e. The summed E-state index contributed by atoms with van der Waals surface area (Å²) in [6.07, 6.45) is 2.26. The van der Waals surface area contributed by atoms with E-state index in [-0.39, 0.29) is 17.6 Å². The first-order chi connectivity index (χ1) is 7.90. The molecule has 0 saturated heterocycles. The molecule has 17 heavy (non-hydrogen) atoms. The highest BCUT2D eigenvalue weighted by Crippen LogP contribution is 2.24. The summed E-state index contributed by atoms with van der Waals surface area (Å²) in [5.74, 6) is 0.923. The quantitative estimate of drug-likeness (QED) is 0.840. The first kappa shape index (κ1) is 14.1. The Kier molecular flexibility index (Phi) is 4.65. The van der Waals surface area contributed by atoms with Crippen LogP contribution < -0.4 is 5.73 Å². The second-order valence-corrected chi connectivity index (χ2v) is 5.38. The number of hydrogen-bond acceptors (Lipinski definition) is 4. The van der Waals surface area contributed by atoms with E-state index in [1.807, 2.05) is 11.6 Å². The molecule has 0 saturated carbocycles. The van der Waals surface area contributed by atoms with Crippen molar-refractivity contribution in [3.8, 4) is 0 Å². The number of nitrogens with two attached hydrogens (primary N) is 1. The van der Waals surface area contributed by atoms with Crippen LogP contribution in [0.4, 0.5) is 0 Å². The Morgan fingerprint density at radius 2 is 2.12 bits per heavy atom. The molecule has 0 radical (unpaired) electrons. The zero-order valence-electron chi connectivity index (χ0n) is 11.5. The van der Waals surface area contributed by atoms with Gasteiger partial charge in [-0.15, -0.1) is 0 Å². The minimum absolute atomic E-state index is 0.00417. The molecule has 1 aromatic heterocycles. The van der Waals surface area contributed by atoms with E-state index in [4.69, 9.17) is 10.5 Å². The highest BCUT2D eigenvalue weighted by Gasteiger charge is 2.31. The van der Waals surface area contributed by atoms with E-state index in [0.717, 1.165) is 12.4 Å². The number of aryl methyl sites for hydroxylation is 1. The highest BCUT2D eigenvalue weighted by atomic mass is 16.5. The van der Waals surface area contributed by atoms with Gasteiger partial charge in [0.15, 0.2) is 0 Å². The van der Waals surface area contributed by atoms with Crippen molar-refractivity contribution in [2.45, 2.75) is 52.8 Å². The Bertz CT molecular complexity index is 343. The molecule has 0 spiro atoms. The maximum atomic E-state index is 6.22. The number of methoxy groups -OCH3 is 1. The van der Waals surface area contributed by atoms with E-state index in [9.17, 15) is 0 Å². The van der Waals surface area contributed by atoms with Gasteiger partial charge in [0.2, 0.25) is 0 Å². The zero-order valence-corrected chi connectivity index (χ0v) is 11.5. The van der Waals surface area contributed by atoms with Crippen molar-refractivity contribution >= 4 is 0 Å². The molecule has 5 nitrogen and oxygen atoms in total. The third kappa shape index (κ3) is 3.51. The van der Waals surface area contributed by atoms with Crippen molar-refractivity contribution in [3.63, 3.8) is 0 Å². The fourth-order valence-electron chi connectivity index (χ4n) is 2.20. The maximum absolute atomic E-state index is 6.22. The van der Waals surface area contributed by atoms with Gasteiger partial charge in [-0.25, -0.2) is 4.98 Å². The predicted octanol–water partition coefficient (Wildman–Crippen LogP) is 1.23. The minimum atomic E-state index is -0.0745. The lowest BCUT2D eigenvalue weighted by Gasteiger charge is -2.33. The van der Waals surface area contributed by atoms with Crippen molar-refractivity contribution in [2.75, 3.05) is 7.11 Å². The summed E-state index contributed by atoms with van der Waals surface area (Å²) in [6, 6.07) is -0.0745. The summed E-state index contributed by atoms with van der Waals surface area (Å²) in [4.78, 5) is 4.24. The summed E-state index contributed by atoms with van der Waals surface area (Å²) in [5.41, 5.74) is 6.24. The van der Waals surface area contributed by atoms with E-state index in [0.29, 0.717) is 6.42 Å². The molecule has 2 N–H and O–H groups in total. The predicted molar refractivity (Wildman–Crippen MR) is 67.6 cm³/mol. The first-order valence-electron chi connectivity index (χ1n) is 6.05. The van der Waals surface area contributed by atoms with Crippen LogP contribution in [-0.2, 0) is 17.7 Å². The second kappa shape index (κ2) is 5.60. The number of rotatable bonds is 5. The topological polar surface area (TPSA) is 66.0 Å². The number of aromatic nitrogens is 3. The molecular formula is C12H24N4O. The van der Waals surface area contributed by atoms with Gasteiger partial charge in [0.25, 0.3) is 0 Å². The summed E-state index contributed by atoms with van der Waals surface area (Å²) >= 11 is 0. The van der Waals surface area contributed by atoms with E-state index in [1.165, 1.54) is 0 Å². The van der Waals surface area contributed by atoms with Gasteiger partial charge in [0, 0.05) is 26.1 Å². The molecule has 98 valence electrons. The molecule has 0 amide bonds. The lowest BCUT2D eigenvalue weighted by Crippen LogP contribution is -2.46. The summed E-state index contributed by atoms with van der Waals surface area (Å²) in [5, 5.41) is 4.14. The first-order valence-corrected chi connectivity index (χ1v) is 6.05. The van der Waals surface area contributed by atoms with Crippen LogP contribution in [0.1, 0.15) is 33.5 Å². The van der Waals surface area contributed by atoms with Crippen LogP contribution in [-0.4, -0.2) is 34.0 Å². The van der Waals surface area contributed by atoms with Crippen LogP contribution >= 0.6 is 0 Å². The molecular weight excluding hydrogens is 216 g/mol. The summed E-state index contributed by atoms with van der Waals surface area (Å²) in [7, 11) is 1.71. The molecule has 2 unspecified atom stereocenters. The van der Waals surface area contributed by atoms with E-state index in [1.54, 1.807) is 13.4 Å². The lowest BCUT2D eigenvalue weighted by molar-refractivity contribution is -0.00224. The third-order valence-electron chi connectivity index (χ3n) is 2.91. The Hall–Kier alpha value is -0.940. The van der Waals surface area contributed by atoms with Gasteiger partial charge in [-0.3, -0.25) is 4.68 Å². The van der Waals surface area contributed by atoms with Crippen molar-refractivity contribution in [2.24, 2.45) is 11.1 Å². The molecule has 0 fully saturated rings. The summed E-state index contributed by atoms with van der Waals surface area (Å²) < 4.78 is 7.39. The highest BCUT2D eigenvalue weighted by molar-refractivity contribution is 4.94. The molecule has 2 atom stereocenters. The fourth-order valence-corrected chi connectivity index (χ4v) is 2.20. The average molecular weight is 240 g/mol. The molecule has 1 rings (SSSR count). The van der Waals surface area contributed by atoms with Gasteiger partial charge >= 0.3 is 0 Å². The standard InChI is InChI=1S/C12H24N4O/c1-6-16-10(14-8-15-16)7-9(13)11(17-5)12(2,3)4/h8-9,11H,6-7,13H2,1-5H3. The second-order valence-electron chi connectivity index (χ2n) is 5.38. The van der Waals surface area contributed by atoms with Crippen molar-refractivity contribution < 1.29 is 4.74 Å². The Balaban J connectivity index is 2.74. The Morgan fingerprint density at radius 1 is 1.47 bits per heavy atom. The average Bonchev–Trinajstić information content (AvgIpc) is 2.63. The maximum Gasteiger partial charge on any atom is 0.138 e. The molecule has 0 bridgehead atoms. The van der Waals surface area contributed by atoms with Crippen molar-refractivity contribution in [3.05, 3.63) is 12.2 Å². The molecule has 5 heteroatoms. The van der Waals surface area contributed by atoms with Crippen LogP contribution in [0.25, 0.3) is 0 Å². The molecule has 0 aliphatic rings. The van der Waals surface area contributed by atoms with Crippen LogP contribution in [0.2, 0.25) is 0 Å². The smallest absolute Gasteiger partial charge is 0.138 e. The van der Waals surface area contributed by atoms with Gasteiger partial charge in [0.1, 0.15) is 12.2 Å². The van der Waals surface area contributed by atoms with Gasteiger partial charge in [-0.1, -0.05) is 20.8 Å². The minimum Gasteiger partial charge on any atom is -0.379 e. The summed E-state index contributed by atoms with van der Waals surface area (Å²) in [6.45, 7) is 9.25. The third-order valence-corrected chi connectivity index (χ3v) is 2.91. The van der Waals surface area contributed by atoms with Crippen LogP contribution in [0, 0.1) is 5.41 Å².